The van der Waals surface area contributed by atoms with E-state index in [1.165, 1.54) is 0 Å². The van der Waals surface area contributed by atoms with Gasteiger partial charge in [0.05, 0.1) is 23.7 Å². The Morgan fingerprint density at radius 1 is 1.04 bits per heavy atom. The highest BCUT2D eigenvalue weighted by Crippen LogP contribution is 2.33. The lowest BCUT2D eigenvalue weighted by atomic mass is 10.1. The van der Waals surface area contributed by atoms with E-state index in [1.807, 2.05) is 6.92 Å². The van der Waals surface area contributed by atoms with E-state index in [4.69, 9.17) is 4.74 Å². The van der Waals surface area contributed by atoms with Crippen LogP contribution in [0.4, 0.5) is 5.00 Å². The fourth-order valence-electron chi connectivity index (χ4n) is 2.08. The highest BCUT2D eigenvalue weighted by atomic mass is 32.1. The van der Waals surface area contributed by atoms with Crippen LogP contribution in [0.5, 0.6) is 0 Å². The highest BCUT2D eigenvalue weighted by Gasteiger charge is 2.28. The minimum atomic E-state index is -1.07. The number of anilines is 1. The highest BCUT2D eigenvalue weighted by molar-refractivity contribution is 7.18. The number of unbranched alkanes of at least 4 members (excludes halogenated alkanes) is 1. The lowest BCUT2D eigenvalue weighted by Crippen LogP contribution is -2.25. The molecule has 1 aromatic rings. The van der Waals surface area contributed by atoms with Gasteiger partial charge in [-0.15, -0.1) is 11.3 Å². The molecule has 2 amide bonds. The van der Waals surface area contributed by atoms with Crippen molar-refractivity contribution in [1.29, 1.82) is 0 Å². The standard InChI is InChI=1S/C17H24N2O6S/c1-5-8-9-18-13(20)12-10(4)11(16(22)24-6-2)15(26-12)19-14(21)17(23)25-7-3/h5-9H2,1-4H3,(H,18,20)(H,19,21). The van der Waals surface area contributed by atoms with Gasteiger partial charge in [0.2, 0.25) is 0 Å². The first-order valence-electron chi connectivity index (χ1n) is 8.44. The maximum Gasteiger partial charge on any atom is 0.397 e. The minimum Gasteiger partial charge on any atom is -0.462 e. The summed E-state index contributed by atoms with van der Waals surface area (Å²) in [7, 11) is 0. The lowest BCUT2D eigenvalue weighted by Gasteiger charge is -2.06. The summed E-state index contributed by atoms with van der Waals surface area (Å²) < 4.78 is 9.63. The molecular weight excluding hydrogens is 360 g/mol. The Morgan fingerprint density at radius 2 is 1.69 bits per heavy atom. The number of nitrogens with one attached hydrogen (secondary N) is 2. The van der Waals surface area contributed by atoms with Crippen LogP contribution < -0.4 is 10.6 Å². The van der Waals surface area contributed by atoms with Crippen LogP contribution in [0.25, 0.3) is 0 Å². The predicted octanol–water partition coefficient (Wildman–Crippen LogP) is 2.26. The molecule has 0 aliphatic rings. The average Bonchev–Trinajstić information content (AvgIpc) is 2.91. The number of hydrogen-bond donors (Lipinski definition) is 2. The maximum absolute atomic E-state index is 12.4. The smallest absolute Gasteiger partial charge is 0.397 e. The number of rotatable bonds is 8. The first-order valence-corrected chi connectivity index (χ1v) is 9.25. The molecule has 0 spiro atoms. The number of esters is 2. The Kier molecular flexibility index (Phi) is 8.77. The van der Waals surface area contributed by atoms with E-state index in [-0.39, 0.29) is 34.6 Å². The topological polar surface area (TPSA) is 111 Å². The number of carbonyl (C=O) groups is 4. The van der Waals surface area contributed by atoms with Crippen LogP contribution in [-0.2, 0) is 19.1 Å². The van der Waals surface area contributed by atoms with Crippen LogP contribution in [0.3, 0.4) is 0 Å². The Bertz CT molecular complexity index is 683. The molecule has 0 radical (unpaired) electrons. The predicted molar refractivity (Wildman–Crippen MR) is 97.5 cm³/mol. The summed E-state index contributed by atoms with van der Waals surface area (Å²) in [4.78, 5) is 48.3. The monoisotopic (exact) mass is 384 g/mol. The van der Waals surface area contributed by atoms with Crippen LogP contribution >= 0.6 is 11.3 Å². The van der Waals surface area contributed by atoms with E-state index in [1.54, 1.807) is 20.8 Å². The van der Waals surface area contributed by atoms with Crippen molar-refractivity contribution in [2.24, 2.45) is 0 Å². The molecule has 8 nitrogen and oxygen atoms in total. The summed E-state index contributed by atoms with van der Waals surface area (Å²) in [5, 5.41) is 5.19. The van der Waals surface area contributed by atoms with Crippen molar-refractivity contribution < 1.29 is 28.7 Å². The number of carbonyl (C=O) groups excluding carboxylic acids is 4. The van der Waals surface area contributed by atoms with Gasteiger partial charge in [0.15, 0.2) is 0 Å². The molecule has 144 valence electrons. The van der Waals surface area contributed by atoms with Crippen LogP contribution in [0, 0.1) is 6.92 Å². The number of amides is 2. The van der Waals surface area contributed by atoms with E-state index in [2.05, 4.69) is 15.4 Å². The van der Waals surface area contributed by atoms with E-state index in [0.29, 0.717) is 12.1 Å². The molecule has 9 heteroatoms. The molecule has 0 saturated carbocycles. The third-order valence-corrected chi connectivity index (χ3v) is 4.54. The van der Waals surface area contributed by atoms with E-state index in [9.17, 15) is 19.2 Å². The third kappa shape index (κ3) is 5.55. The van der Waals surface area contributed by atoms with Gasteiger partial charge in [-0.05, 0) is 32.8 Å². The van der Waals surface area contributed by atoms with E-state index in [0.717, 1.165) is 24.2 Å². The van der Waals surface area contributed by atoms with E-state index < -0.39 is 17.8 Å². The minimum absolute atomic E-state index is 0.0472. The molecule has 2 N–H and O–H groups in total. The van der Waals surface area contributed by atoms with Gasteiger partial charge in [-0.2, -0.15) is 0 Å². The second-order valence-corrected chi connectivity index (χ2v) is 6.29. The molecule has 0 saturated heterocycles. The first kappa shape index (κ1) is 21.6. The van der Waals surface area contributed by atoms with Crippen molar-refractivity contribution in [2.75, 3.05) is 25.1 Å². The SMILES string of the molecule is CCCCNC(=O)c1sc(NC(=O)C(=O)OCC)c(C(=O)OCC)c1C. The second kappa shape index (κ2) is 10.5. The maximum atomic E-state index is 12.4. The number of hydrogen-bond acceptors (Lipinski definition) is 7. The molecule has 26 heavy (non-hydrogen) atoms. The summed E-state index contributed by atoms with van der Waals surface area (Å²) in [5.41, 5.74) is 0.455. The molecular formula is C17H24N2O6S. The van der Waals surface area contributed by atoms with Crippen molar-refractivity contribution in [1.82, 2.24) is 5.32 Å². The quantitative estimate of drug-likeness (QED) is 0.404. The molecule has 1 rings (SSSR count). The van der Waals surface area contributed by atoms with Gasteiger partial charge in [0, 0.05) is 6.54 Å². The van der Waals surface area contributed by atoms with Crippen molar-refractivity contribution in [3.05, 3.63) is 16.0 Å². The van der Waals surface area contributed by atoms with Gasteiger partial charge in [-0.1, -0.05) is 13.3 Å². The Balaban J connectivity index is 3.15. The Hall–Kier alpha value is -2.42. The zero-order chi connectivity index (χ0) is 19.7. The second-order valence-electron chi connectivity index (χ2n) is 5.26. The molecule has 0 fully saturated rings. The Morgan fingerprint density at radius 3 is 2.27 bits per heavy atom. The molecule has 1 heterocycles. The molecule has 0 aliphatic carbocycles. The van der Waals surface area contributed by atoms with Crippen molar-refractivity contribution >= 4 is 40.1 Å². The Labute approximate surface area is 156 Å². The summed E-state index contributed by atoms with van der Waals surface area (Å²) in [5.74, 6) is -3.10. The summed E-state index contributed by atoms with van der Waals surface area (Å²) in [6.07, 6.45) is 1.76. The van der Waals surface area contributed by atoms with Crippen molar-refractivity contribution in [2.45, 2.75) is 40.5 Å². The van der Waals surface area contributed by atoms with Gasteiger partial charge in [0.25, 0.3) is 5.91 Å². The third-order valence-electron chi connectivity index (χ3n) is 3.34. The normalized spacial score (nSPS) is 10.2. The summed E-state index contributed by atoms with van der Waals surface area (Å²) in [6, 6.07) is 0. The number of ether oxygens (including phenoxy) is 2. The van der Waals surface area contributed by atoms with Gasteiger partial charge in [-0.3, -0.25) is 9.59 Å². The van der Waals surface area contributed by atoms with Crippen LogP contribution in [0.2, 0.25) is 0 Å². The van der Waals surface area contributed by atoms with Crippen LogP contribution in [-0.4, -0.2) is 43.5 Å². The molecule has 0 bridgehead atoms. The number of thiophene rings is 1. The largest absolute Gasteiger partial charge is 0.462 e. The molecule has 1 aromatic heterocycles. The van der Waals surface area contributed by atoms with Crippen LogP contribution in [0.15, 0.2) is 0 Å². The average molecular weight is 384 g/mol. The zero-order valence-electron chi connectivity index (χ0n) is 15.4. The van der Waals surface area contributed by atoms with Gasteiger partial charge < -0.3 is 20.1 Å². The van der Waals surface area contributed by atoms with Crippen LogP contribution in [0.1, 0.15) is 59.2 Å². The fraction of sp³-hybridized carbons (Fsp3) is 0.529. The summed E-state index contributed by atoms with van der Waals surface area (Å²) >= 11 is 0.918. The van der Waals surface area contributed by atoms with Gasteiger partial charge >= 0.3 is 17.8 Å². The lowest BCUT2D eigenvalue weighted by molar-refractivity contribution is -0.152. The van der Waals surface area contributed by atoms with Gasteiger partial charge in [-0.25, -0.2) is 9.59 Å². The van der Waals surface area contributed by atoms with Gasteiger partial charge in [0.1, 0.15) is 5.00 Å². The van der Waals surface area contributed by atoms with Crippen molar-refractivity contribution in [3.8, 4) is 0 Å². The molecule has 0 aromatic carbocycles. The molecule has 0 atom stereocenters. The van der Waals surface area contributed by atoms with Crippen molar-refractivity contribution in [3.63, 3.8) is 0 Å². The van der Waals surface area contributed by atoms with E-state index >= 15 is 0 Å². The zero-order valence-corrected chi connectivity index (χ0v) is 16.2. The molecule has 0 unspecified atom stereocenters. The summed E-state index contributed by atoms with van der Waals surface area (Å²) in [6.45, 7) is 7.51. The fourth-order valence-corrected chi connectivity index (χ4v) is 3.18. The molecule has 0 aliphatic heterocycles. The first-order chi connectivity index (χ1) is 12.4.